The van der Waals surface area contributed by atoms with Crippen LogP contribution in [0.5, 0.6) is 5.75 Å². The first-order chi connectivity index (χ1) is 11.1. The summed E-state index contributed by atoms with van der Waals surface area (Å²) in [5, 5.41) is 0.764. The molecule has 0 unspecified atom stereocenters. The van der Waals surface area contributed by atoms with Crippen LogP contribution in [0.2, 0.25) is 0 Å². The summed E-state index contributed by atoms with van der Waals surface area (Å²) in [6, 6.07) is 15.7. The molecule has 0 amide bonds. The molecule has 23 heavy (non-hydrogen) atoms. The van der Waals surface area contributed by atoms with Crippen LogP contribution in [0.25, 0.3) is 17.0 Å². The molecular formula is C19H14O4. The number of rotatable bonds is 3. The molecule has 0 fully saturated rings. The van der Waals surface area contributed by atoms with Crippen LogP contribution in [0.4, 0.5) is 0 Å². The van der Waals surface area contributed by atoms with Gasteiger partial charge in [0, 0.05) is 23.6 Å². The fraction of sp³-hybridized carbons (Fsp3) is 0.0526. The van der Waals surface area contributed by atoms with Gasteiger partial charge >= 0.3 is 11.6 Å². The first-order valence-electron chi connectivity index (χ1n) is 7.11. The highest BCUT2D eigenvalue weighted by atomic mass is 16.5. The molecule has 0 radical (unpaired) electrons. The predicted molar refractivity (Wildman–Crippen MR) is 88.3 cm³/mol. The number of esters is 1. The van der Waals surface area contributed by atoms with Gasteiger partial charge in [0.2, 0.25) is 0 Å². The number of hydrogen-bond donors (Lipinski definition) is 0. The molecule has 4 heteroatoms. The second-order valence-electron chi connectivity index (χ2n) is 5.12. The Hall–Kier alpha value is -3.14. The highest BCUT2D eigenvalue weighted by Crippen LogP contribution is 2.19. The van der Waals surface area contributed by atoms with Crippen molar-refractivity contribution in [3.05, 3.63) is 82.2 Å². The fourth-order valence-corrected chi connectivity index (χ4v) is 2.10. The second-order valence-corrected chi connectivity index (χ2v) is 5.12. The van der Waals surface area contributed by atoms with E-state index in [1.165, 1.54) is 18.2 Å². The van der Waals surface area contributed by atoms with E-state index in [1.807, 2.05) is 31.2 Å². The summed E-state index contributed by atoms with van der Waals surface area (Å²) in [7, 11) is 0. The Labute approximate surface area is 132 Å². The lowest BCUT2D eigenvalue weighted by atomic mass is 10.1. The Kier molecular flexibility index (Phi) is 4.06. The zero-order chi connectivity index (χ0) is 16.2. The molecule has 1 heterocycles. The Balaban J connectivity index is 1.74. The van der Waals surface area contributed by atoms with Crippen molar-refractivity contribution in [2.45, 2.75) is 6.92 Å². The van der Waals surface area contributed by atoms with E-state index >= 15 is 0 Å². The van der Waals surface area contributed by atoms with Crippen molar-refractivity contribution in [1.82, 2.24) is 0 Å². The molecule has 1 aromatic heterocycles. The molecule has 3 rings (SSSR count). The van der Waals surface area contributed by atoms with E-state index in [-0.39, 0.29) is 0 Å². The van der Waals surface area contributed by atoms with Crippen LogP contribution in [-0.2, 0) is 4.79 Å². The van der Waals surface area contributed by atoms with Crippen LogP contribution in [0.15, 0.2) is 69.9 Å². The van der Waals surface area contributed by atoms with Crippen LogP contribution in [0.1, 0.15) is 11.1 Å². The molecule has 0 aliphatic carbocycles. The molecular weight excluding hydrogens is 292 g/mol. The molecule has 0 bridgehead atoms. The Morgan fingerprint density at radius 3 is 2.57 bits per heavy atom. The molecule has 0 N–H and O–H groups in total. The minimum atomic E-state index is -0.497. The topological polar surface area (TPSA) is 56.5 Å². The third-order valence-corrected chi connectivity index (χ3v) is 3.30. The average molecular weight is 306 g/mol. The van der Waals surface area contributed by atoms with E-state index in [2.05, 4.69) is 0 Å². The normalized spacial score (nSPS) is 11.0. The number of hydrogen-bond acceptors (Lipinski definition) is 4. The summed E-state index contributed by atoms with van der Waals surface area (Å²) in [5.41, 5.74) is 2.00. The Morgan fingerprint density at radius 2 is 1.78 bits per heavy atom. The van der Waals surface area contributed by atoms with Crippen LogP contribution in [0.3, 0.4) is 0 Å². The molecule has 2 aromatic carbocycles. The van der Waals surface area contributed by atoms with Gasteiger partial charge in [-0.15, -0.1) is 0 Å². The number of carbonyl (C=O) groups is 1. The summed E-state index contributed by atoms with van der Waals surface area (Å²) in [6.45, 7) is 2.00. The van der Waals surface area contributed by atoms with Crippen LogP contribution in [-0.4, -0.2) is 5.97 Å². The van der Waals surface area contributed by atoms with E-state index in [0.29, 0.717) is 11.3 Å². The maximum absolute atomic E-state index is 11.9. The van der Waals surface area contributed by atoms with E-state index in [0.717, 1.165) is 16.5 Å². The van der Waals surface area contributed by atoms with Crippen LogP contribution < -0.4 is 10.4 Å². The Bertz CT molecular complexity index is 933. The van der Waals surface area contributed by atoms with Crippen molar-refractivity contribution < 1.29 is 13.9 Å². The van der Waals surface area contributed by atoms with Crippen molar-refractivity contribution in [1.29, 1.82) is 0 Å². The van der Waals surface area contributed by atoms with Crippen molar-refractivity contribution in [3.8, 4) is 5.75 Å². The molecule has 0 aliphatic rings. The number of benzene rings is 2. The average Bonchev–Trinajstić information content (AvgIpc) is 2.54. The van der Waals surface area contributed by atoms with Crippen molar-refractivity contribution in [2.24, 2.45) is 0 Å². The molecule has 0 saturated heterocycles. The van der Waals surface area contributed by atoms with E-state index < -0.39 is 11.6 Å². The quantitative estimate of drug-likeness (QED) is 0.320. The van der Waals surface area contributed by atoms with Gasteiger partial charge in [-0.25, -0.2) is 9.59 Å². The number of aryl methyl sites for hydroxylation is 1. The van der Waals surface area contributed by atoms with E-state index in [4.69, 9.17) is 9.15 Å². The fourth-order valence-electron chi connectivity index (χ4n) is 2.10. The summed E-state index contributed by atoms with van der Waals surface area (Å²) >= 11 is 0. The molecule has 0 atom stereocenters. The van der Waals surface area contributed by atoms with Crippen LogP contribution in [0, 0.1) is 6.92 Å². The Morgan fingerprint density at radius 1 is 1.04 bits per heavy atom. The molecule has 4 nitrogen and oxygen atoms in total. The molecule has 0 saturated carbocycles. The van der Waals surface area contributed by atoms with Gasteiger partial charge in [-0.2, -0.15) is 0 Å². The van der Waals surface area contributed by atoms with Crippen molar-refractivity contribution in [2.75, 3.05) is 0 Å². The van der Waals surface area contributed by atoms with Gasteiger partial charge < -0.3 is 9.15 Å². The lowest BCUT2D eigenvalue weighted by molar-refractivity contribution is -0.128. The zero-order valence-corrected chi connectivity index (χ0v) is 12.5. The second kappa shape index (κ2) is 6.32. The largest absolute Gasteiger partial charge is 0.423 e. The summed E-state index contributed by atoms with van der Waals surface area (Å²) in [6.07, 6.45) is 3.04. The highest BCUT2D eigenvalue weighted by molar-refractivity contribution is 5.89. The summed E-state index contributed by atoms with van der Waals surface area (Å²) in [5.74, 6) is -0.173. The van der Waals surface area contributed by atoms with Crippen molar-refractivity contribution in [3.63, 3.8) is 0 Å². The zero-order valence-electron chi connectivity index (χ0n) is 12.5. The SMILES string of the molecule is Cc1ccc(/C=C/C(=O)Oc2ccc3ccc(=O)oc3c2)cc1. The lowest BCUT2D eigenvalue weighted by Crippen LogP contribution is -2.03. The lowest BCUT2D eigenvalue weighted by Gasteiger charge is -2.02. The minimum absolute atomic E-state index is 0.324. The van der Waals surface area contributed by atoms with Gasteiger partial charge in [0.25, 0.3) is 0 Å². The third kappa shape index (κ3) is 3.74. The van der Waals surface area contributed by atoms with Gasteiger partial charge in [-0.05, 0) is 36.8 Å². The van der Waals surface area contributed by atoms with Gasteiger partial charge in [-0.1, -0.05) is 29.8 Å². The monoisotopic (exact) mass is 306 g/mol. The van der Waals surface area contributed by atoms with E-state index in [9.17, 15) is 9.59 Å². The maximum atomic E-state index is 11.9. The molecule has 0 aliphatic heterocycles. The predicted octanol–water partition coefficient (Wildman–Crippen LogP) is 3.72. The first-order valence-corrected chi connectivity index (χ1v) is 7.11. The summed E-state index contributed by atoms with van der Waals surface area (Å²) in [4.78, 5) is 23.1. The first kappa shape index (κ1) is 14.8. The molecule has 0 spiro atoms. The molecule has 3 aromatic rings. The van der Waals surface area contributed by atoms with Gasteiger partial charge in [0.1, 0.15) is 11.3 Å². The third-order valence-electron chi connectivity index (χ3n) is 3.30. The standard InChI is InChI=1S/C19H14O4/c1-13-2-4-14(5-3-13)6-10-18(20)22-16-9-7-15-8-11-19(21)23-17(15)12-16/h2-12H,1H3/b10-6+. The maximum Gasteiger partial charge on any atom is 0.336 e. The summed E-state index contributed by atoms with van der Waals surface area (Å²) < 4.78 is 10.3. The van der Waals surface area contributed by atoms with Gasteiger partial charge in [0.05, 0.1) is 0 Å². The van der Waals surface area contributed by atoms with Gasteiger partial charge in [-0.3, -0.25) is 0 Å². The van der Waals surface area contributed by atoms with Crippen molar-refractivity contribution >= 4 is 23.0 Å². The van der Waals surface area contributed by atoms with E-state index in [1.54, 1.807) is 24.3 Å². The van der Waals surface area contributed by atoms with Crippen LogP contribution >= 0.6 is 0 Å². The number of ether oxygens (including phenoxy) is 1. The highest BCUT2D eigenvalue weighted by Gasteiger charge is 2.04. The minimum Gasteiger partial charge on any atom is -0.423 e. The number of carbonyl (C=O) groups excluding carboxylic acids is 1. The van der Waals surface area contributed by atoms with Gasteiger partial charge in [0.15, 0.2) is 0 Å². The number of fused-ring (bicyclic) bond motifs is 1. The smallest absolute Gasteiger partial charge is 0.336 e. The molecule has 114 valence electrons.